The number of β-lactam (4-membered cyclic amide) rings is 1. The number of hydrogen-bond acceptors (Lipinski definition) is 1. The lowest BCUT2D eigenvalue weighted by molar-refractivity contribution is -0.153. The van der Waals surface area contributed by atoms with E-state index >= 15 is 0 Å². The molecule has 1 aliphatic heterocycles. The molecule has 0 radical (unpaired) electrons. The van der Waals surface area contributed by atoms with E-state index < -0.39 is 4.32 Å². The summed E-state index contributed by atoms with van der Waals surface area (Å²) in [6.07, 6.45) is 4.99. The zero-order valence-electron chi connectivity index (χ0n) is 14.0. The number of nitrogens with zero attached hydrogens (tertiary/aromatic N) is 1. The van der Waals surface area contributed by atoms with Crippen LogP contribution in [0.25, 0.3) is 0 Å². The summed E-state index contributed by atoms with van der Waals surface area (Å²) in [5.74, 6) is 0.123. The summed E-state index contributed by atoms with van der Waals surface area (Å²) in [5, 5.41) is 0. The van der Waals surface area contributed by atoms with Crippen molar-refractivity contribution >= 4 is 21.8 Å². The second-order valence-corrected chi connectivity index (χ2v) is 7.50. The fraction of sp³-hybridized carbons (Fsp3) is 0.286. The first-order valence-corrected chi connectivity index (χ1v) is 9.18. The molecule has 0 N–H and O–H groups in total. The van der Waals surface area contributed by atoms with Crippen LogP contribution in [0.1, 0.15) is 43.5 Å². The Morgan fingerprint density at radius 2 is 1.71 bits per heavy atom. The standard InChI is InChI=1S/C21H22BrNO/c1-3-4-15-21(22)19(18-13-9-6-10-14-18)23(20(21)24)16(2)17-11-7-5-8-12-17/h4-16,19H,3H2,1-2H3/b15-4+/t16-,19+,21-/m0/s1. The van der Waals surface area contributed by atoms with Crippen molar-refractivity contribution in [2.24, 2.45) is 0 Å². The van der Waals surface area contributed by atoms with Gasteiger partial charge < -0.3 is 4.90 Å². The molecule has 2 nitrogen and oxygen atoms in total. The molecule has 3 heteroatoms. The number of alkyl halides is 1. The molecule has 3 rings (SSSR count). The third-order valence-electron chi connectivity index (χ3n) is 4.65. The molecule has 2 aromatic carbocycles. The van der Waals surface area contributed by atoms with Crippen molar-refractivity contribution in [3.05, 3.63) is 83.9 Å². The number of hydrogen-bond donors (Lipinski definition) is 0. The van der Waals surface area contributed by atoms with Crippen LogP contribution in [-0.2, 0) is 4.79 Å². The highest BCUT2D eigenvalue weighted by Crippen LogP contribution is 2.53. The van der Waals surface area contributed by atoms with Gasteiger partial charge in [0.05, 0.1) is 12.1 Å². The van der Waals surface area contributed by atoms with E-state index in [1.165, 1.54) is 0 Å². The van der Waals surface area contributed by atoms with Gasteiger partial charge in [-0.2, -0.15) is 0 Å². The molecule has 1 heterocycles. The third-order valence-corrected chi connectivity index (χ3v) is 5.69. The van der Waals surface area contributed by atoms with Crippen LogP contribution in [0, 0.1) is 0 Å². The van der Waals surface area contributed by atoms with Crippen LogP contribution in [0.3, 0.4) is 0 Å². The number of carbonyl (C=O) groups is 1. The minimum atomic E-state index is -0.645. The molecule has 0 saturated carbocycles. The Morgan fingerprint density at radius 1 is 1.12 bits per heavy atom. The van der Waals surface area contributed by atoms with Crippen LogP contribution in [0.4, 0.5) is 0 Å². The number of benzene rings is 2. The predicted molar refractivity (Wildman–Crippen MR) is 102 cm³/mol. The van der Waals surface area contributed by atoms with E-state index in [9.17, 15) is 4.79 Å². The summed E-state index contributed by atoms with van der Waals surface area (Å²) in [5.41, 5.74) is 2.30. The molecule has 0 unspecified atom stereocenters. The normalized spacial score (nSPS) is 24.9. The summed E-state index contributed by atoms with van der Waals surface area (Å²) in [4.78, 5) is 15.0. The zero-order chi connectivity index (χ0) is 17.2. The summed E-state index contributed by atoms with van der Waals surface area (Å²) >= 11 is 3.74. The molecule has 0 aromatic heterocycles. The van der Waals surface area contributed by atoms with Crippen LogP contribution in [0.2, 0.25) is 0 Å². The van der Waals surface area contributed by atoms with Gasteiger partial charge in [0.1, 0.15) is 4.32 Å². The van der Waals surface area contributed by atoms with E-state index in [0.29, 0.717) is 0 Å². The first-order valence-electron chi connectivity index (χ1n) is 8.39. The van der Waals surface area contributed by atoms with Gasteiger partial charge in [-0.1, -0.05) is 95.7 Å². The molecule has 1 aliphatic rings. The fourth-order valence-corrected chi connectivity index (χ4v) is 4.23. The molecular weight excluding hydrogens is 362 g/mol. The molecule has 24 heavy (non-hydrogen) atoms. The summed E-state index contributed by atoms with van der Waals surface area (Å²) < 4.78 is -0.645. The first-order chi connectivity index (χ1) is 11.6. The van der Waals surface area contributed by atoms with Gasteiger partial charge in [-0.05, 0) is 24.5 Å². The molecule has 3 atom stereocenters. The van der Waals surface area contributed by atoms with Gasteiger partial charge in [0.25, 0.3) is 0 Å². The molecule has 1 amide bonds. The second-order valence-electron chi connectivity index (χ2n) is 6.19. The Kier molecular flexibility index (Phi) is 4.91. The van der Waals surface area contributed by atoms with Crippen molar-refractivity contribution in [2.45, 2.75) is 36.7 Å². The topological polar surface area (TPSA) is 20.3 Å². The maximum absolute atomic E-state index is 13.0. The number of likely N-dealkylation sites (tertiary alicyclic amines) is 1. The van der Waals surface area contributed by atoms with Crippen LogP contribution in [0.15, 0.2) is 72.8 Å². The third kappa shape index (κ3) is 2.82. The van der Waals surface area contributed by atoms with E-state index in [4.69, 9.17) is 0 Å². The Bertz CT molecular complexity index is 728. The molecule has 2 aromatic rings. The van der Waals surface area contributed by atoms with Gasteiger partial charge in [-0.15, -0.1) is 0 Å². The highest BCUT2D eigenvalue weighted by atomic mass is 79.9. The Hall–Kier alpha value is -1.87. The summed E-state index contributed by atoms with van der Waals surface area (Å²) in [7, 11) is 0. The van der Waals surface area contributed by atoms with Gasteiger partial charge in [-0.3, -0.25) is 4.79 Å². The molecule has 0 aliphatic carbocycles. The lowest BCUT2D eigenvalue weighted by Crippen LogP contribution is -2.64. The monoisotopic (exact) mass is 383 g/mol. The van der Waals surface area contributed by atoms with Crippen molar-refractivity contribution in [3.63, 3.8) is 0 Å². The number of halogens is 1. The van der Waals surface area contributed by atoms with Crippen molar-refractivity contribution in [3.8, 4) is 0 Å². The van der Waals surface area contributed by atoms with Gasteiger partial charge in [0, 0.05) is 0 Å². The van der Waals surface area contributed by atoms with Gasteiger partial charge in [0.2, 0.25) is 5.91 Å². The minimum Gasteiger partial charge on any atom is -0.325 e. The molecule has 124 valence electrons. The highest BCUT2D eigenvalue weighted by Gasteiger charge is 2.59. The number of rotatable bonds is 5. The van der Waals surface area contributed by atoms with Crippen molar-refractivity contribution in [1.29, 1.82) is 0 Å². The lowest BCUT2D eigenvalue weighted by Gasteiger charge is -2.54. The smallest absolute Gasteiger partial charge is 0.246 e. The van der Waals surface area contributed by atoms with E-state index in [1.54, 1.807) is 0 Å². The van der Waals surface area contributed by atoms with Crippen LogP contribution < -0.4 is 0 Å². The maximum Gasteiger partial charge on any atom is 0.246 e. The average Bonchev–Trinajstić information content (AvgIpc) is 2.64. The van der Waals surface area contributed by atoms with Crippen molar-refractivity contribution in [1.82, 2.24) is 4.90 Å². The van der Waals surface area contributed by atoms with Crippen LogP contribution >= 0.6 is 15.9 Å². The highest BCUT2D eigenvalue weighted by molar-refractivity contribution is 9.10. The molecule has 0 spiro atoms. The SMILES string of the molecule is CC/C=C/[C@@]1(Br)C(=O)N([C@@H](C)c2ccccc2)[C@@H]1c1ccccc1. The van der Waals surface area contributed by atoms with E-state index in [2.05, 4.69) is 60.1 Å². The first kappa shape index (κ1) is 17.0. The molecular formula is C21H22BrNO. The molecule has 0 bridgehead atoms. The Balaban J connectivity index is 1.99. The minimum absolute atomic E-state index is 0.00999. The lowest BCUT2D eigenvalue weighted by atomic mass is 9.79. The van der Waals surface area contributed by atoms with Crippen molar-refractivity contribution < 1.29 is 4.79 Å². The van der Waals surface area contributed by atoms with E-state index in [-0.39, 0.29) is 18.0 Å². The largest absolute Gasteiger partial charge is 0.325 e. The number of allylic oxidation sites excluding steroid dienone is 1. The van der Waals surface area contributed by atoms with Gasteiger partial charge in [0.15, 0.2) is 0 Å². The van der Waals surface area contributed by atoms with Crippen LogP contribution in [-0.4, -0.2) is 15.1 Å². The number of carbonyl (C=O) groups excluding carboxylic acids is 1. The van der Waals surface area contributed by atoms with E-state index in [1.807, 2.05) is 47.4 Å². The summed E-state index contributed by atoms with van der Waals surface area (Å²) in [6.45, 7) is 4.18. The molecule has 1 fully saturated rings. The van der Waals surface area contributed by atoms with Crippen LogP contribution in [0.5, 0.6) is 0 Å². The summed E-state index contributed by atoms with van der Waals surface area (Å²) in [6, 6.07) is 20.5. The van der Waals surface area contributed by atoms with Gasteiger partial charge >= 0.3 is 0 Å². The maximum atomic E-state index is 13.0. The van der Waals surface area contributed by atoms with Gasteiger partial charge in [-0.25, -0.2) is 0 Å². The average molecular weight is 384 g/mol. The Morgan fingerprint density at radius 3 is 2.29 bits per heavy atom. The second kappa shape index (κ2) is 6.94. The predicted octanol–water partition coefficient (Wildman–Crippen LogP) is 5.43. The van der Waals surface area contributed by atoms with E-state index in [0.717, 1.165) is 17.5 Å². The van der Waals surface area contributed by atoms with Crippen molar-refractivity contribution in [2.75, 3.05) is 0 Å². The molecule has 1 saturated heterocycles. The fourth-order valence-electron chi connectivity index (χ4n) is 3.35. The quantitative estimate of drug-likeness (QED) is 0.382. The zero-order valence-corrected chi connectivity index (χ0v) is 15.6. The Labute approximate surface area is 152 Å². The number of amides is 1.